The van der Waals surface area contributed by atoms with E-state index in [0.717, 1.165) is 31.4 Å². The number of methoxy groups -OCH3 is 1. The first kappa shape index (κ1) is 14.3. The molecule has 1 aromatic rings. The van der Waals surface area contributed by atoms with Gasteiger partial charge < -0.3 is 9.84 Å². The standard InChI is InChI=1S/C19H24O3/c1-19-8-7-14-13-6-4-12(22-2)9-11(13)3-5-15(14)16(19)10-17(20)18(19)21/h4,6,9,14-16,18,21H,3,5,7-8,10H2,1-2H3/t14?,15?,16?,18?,19-/m0/s1. The van der Waals surface area contributed by atoms with E-state index in [1.807, 2.05) is 0 Å². The van der Waals surface area contributed by atoms with Gasteiger partial charge in [0, 0.05) is 11.8 Å². The van der Waals surface area contributed by atoms with Gasteiger partial charge in [-0.1, -0.05) is 13.0 Å². The molecule has 3 aliphatic rings. The van der Waals surface area contributed by atoms with Crippen LogP contribution < -0.4 is 4.74 Å². The number of ether oxygens (including phenoxy) is 1. The first-order valence-corrected chi connectivity index (χ1v) is 8.42. The summed E-state index contributed by atoms with van der Waals surface area (Å²) in [4.78, 5) is 12.1. The zero-order chi connectivity index (χ0) is 15.5. The normalized spacial score (nSPS) is 39.9. The molecule has 118 valence electrons. The highest BCUT2D eigenvalue weighted by molar-refractivity contribution is 5.86. The second kappa shape index (κ2) is 4.82. The lowest BCUT2D eigenvalue weighted by Crippen LogP contribution is -2.44. The van der Waals surface area contributed by atoms with E-state index in [9.17, 15) is 9.90 Å². The minimum Gasteiger partial charge on any atom is -0.497 e. The molecular formula is C19H24O3. The summed E-state index contributed by atoms with van der Waals surface area (Å²) >= 11 is 0. The summed E-state index contributed by atoms with van der Waals surface area (Å²) in [6.45, 7) is 2.13. The molecule has 3 heteroatoms. The molecule has 22 heavy (non-hydrogen) atoms. The third kappa shape index (κ3) is 1.81. The minimum absolute atomic E-state index is 0.0636. The maximum absolute atomic E-state index is 12.1. The van der Waals surface area contributed by atoms with E-state index in [1.165, 1.54) is 11.1 Å². The third-order valence-electron chi connectivity index (χ3n) is 6.72. The molecule has 0 heterocycles. The van der Waals surface area contributed by atoms with Crippen molar-refractivity contribution in [1.82, 2.24) is 0 Å². The van der Waals surface area contributed by atoms with Crippen molar-refractivity contribution >= 4 is 5.78 Å². The van der Waals surface area contributed by atoms with Gasteiger partial charge in [0.2, 0.25) is 0 Å². The SMILES string of the molecule is COc1ccc2c(c1)CCC1C2CC[C@]2(C)C(O)C(=O)CC12. The number of aliphatic hydroxyl groups is 1. The summed E-state index contributed by atoms with van der Waals surface area (Å²) in [5, 5.41) is 10.3. The second-order valence-electron chi connectivity index (χ2n) is 7.60. The van der Waals surface area contributed by atoms with Gasteiger partial charge in [-0.05, 0) is 66.7 Å². The highest BCUT2D eigenvalue weighted by Crippen LogP contribution is 2.60. The van der Waals surface area contributed by atoms with Gasteiger partial charge in [0.1, 0.15) is 11.9 Å². The predicted octanol–water partition coefficient (Wildman–Crippen LogP) is 3.09. The molecule has 0 radical (unpaired) electrons. The van der Waals surface area contributed by atoms with Crippen LogP contribution in [0.3, 0.4) is 0 Å². The first-order valence-electron chi connectivity index (χ1n) is 8.42. The number of rotatable bonds is 1. The van der Waals surface area contributed by atoms with Gasteiger partial charge in [0.15, 0.2) is 5.78 Å². The zero-order valence-electron chi connectivity index (χ0n) is 13.3. The van der Waals surface area contributed by atoms with E-state index >= 15 is 0 Å². The van der Waals surface area contributed by atoms with Crippen LogP contribution in [0.4, 0.5) is 0 Å². The van der Waals surface area contributed by atoms with Crippen LogP contribution in [0.1, 0.15) is 49.7 Å². The Labute approximate surface area is 131 Å². The molecule has 0 bridgehead atoms. The first-order chi connectivity index (χ1) is 10.5. The van der Waals surface area contributed by atoms with Crippen LogP contribution in [-0.2, 0) is 11.2 Å². The van der Waals surface area contributed by atoms with Crippen molar-refractivity contribution in [1.29, 1.82) is 0 Å². The molecule has 3 aliphatic carbocycles. The summed E-state index contributed by atoms with van der Waals surface area (Å²) in [5.41, 5.74) is 2.67. The van der Waals surface area contributed by atoms with E-state index < -0.39 is 6.10 Å². The average Bonchev–Trinajstić information content (AvgIpc) is 2.77. The van der Waals surface area contributed by atoms with E-state index in [0.29, 0.717) is 24.2 Å². The lowest BCUT2D eigenvalue weighted by molar-refractivity contribution is -0.128. The van der Waals surface area contributed by atoms with Gasteiger partial charge in [-0.15, -0.1) is 0 Å². The lowest BCUT2D eigenvalue weighted by atomic mass is 9.55. The Morgan fingerprint density at radius 2 is 2.14 bits per heavy atom. The fourth-order valence-corrected chi connectivity index (χ4v) is 5.45. The van der Waals surface area contributed by atoms with Gasteiger partial charge in [-0.3, -0.25) is 4.79 Å². The predicted molar refractivity (Wildman–Crippen MR) is 84.0 cm³/mol. The fraction of sp³-hybridized carbons (Fsp3) is 0.632. The third-order valence-corrected chi connectivity index (χ3v) is 6.72. The average molecular weight is 300 g/mol. The Hall–Kier alpha value is -1.35. The van der Waals surface area contributed by atoms with Crippen LogP contribution in [0.25, 0.3) is 0 Å². The quantitative estimate of drug-likeness (QED) is 0.867. The summed E-state index contributed by atoms with van der Waals surface area (Å²) in [5.74, 6) is 2.44. The maximum Gasteiger partial charge on any atom is 0.162 e. The molecule has 0 spiro atoms. The summed E-state index contributed by atoms with van der Waals surface area (Å²) in [7, 11) is 1.71. The Morgan fingerprint density at radius 1 is 1.32 bits per heavy atom. The number of carbonyl (C=O) groups excluding carboxylic acids is 1. The molecule has 2 saturated carbocycles. The Morgan fingerprint density at radius 3 is 2.91 bits per heavy atom. The number of hydrogen-bond acceptors (Lipinski definition) is 3. The molecule has 3 nitrogen and oxygen atoms in total. The van der Waals surface area contributed by atoms with Crippen molar-refractivity contribution in [3.63, 3.8) is 0 Å². The largest absolute Gasteiger partial charge is 0.497 e. The summed E-state index contributed by atoms with van der Waals surface area (Å²) in [6, 6.07) is 6.46. The van der Waals surface area contributed by atoms with Crippen molar-refractivity contribution in [2.24, 2.45) is 17.3 Å². The summed E-state index contributed by atoms with van der Waals surface area (Å²) < 4.78 is 5.35. The van der Waals surface area contributed by atoms with Crippen molar-refractivity contribution in [2.75, 3.05) is 7.11 Å². The van der Waals surface area contributed by atoms with Crippen LogP contribution in [0.5, 0.6) is 5.75 Å². The number of Topliss-reactive ketones (excluding diaryl/α,β-unsaturated/α-hetero) is 1. The lowest BCUT2D eigenvalue weighted by Gasteiger charge is -2.49. The number of aryl methyl sites for hydroxylation is 1. The van der Waals surface area contributed by atoms with Gasteiger partial charge in [0.05, 0.1) is 7.11 Å². The fourth-order valence-electron chi connectivity index (χ4n) is 5.45. The molecule has 1 aromatic carbocycles. The molecule has 1 N–H and O–H groups in total. The molecule has 5 atom stereocenters. The molecule has 2 fully saturated rings. The van der Waals surface area contributed by atoms with Crippen LogP contribution >= 0.6 is 0 Å². The molecule has 0 saturated heterocycles. The highest BCUT2D eigenvalue weighted by Gasteiger charge is 2.57. The van der Waals surface area contributed by atoms with Crippen LogP contribution in [0.2, 0.25) is 0 Å². The molecule has 4 rings (SSSR count). The minimum atomic E-state index is -0.740. The number of benzene rings is 1. The molecule has 0 aromatic heterocycles. The van der Waals surface area contributed by atoms with Crippen molar-refractivity contribution in [3.05, 3.63) is 29.3 Å². The van der Waals surface area contributed by atoms with Gasteiger partial charge in [-0.25, -0.2) is 0 Å². The van der Waals surface area contributed by atoms with E-state index in [1.54, 1.807) is 7.11 Å². The Balaban J connectivity index is 1.70. The monoisotopic (exact) mass is 300 g/mol. The van der Waals surface area contributed by atoms with Crippen LogP contribution in [0.15, 0.2) is 18.2 Å². The second-order valence-corrected chi connectivity index (χ2v) is 7.60. The number of fused-ring (bicyclic) bond motifs is 5. The molecule has 0 amide bonds. The number of ketones is 1. The zero-order valence-corrected chi connectivity index (χ0v) is 13.3. The van der Waals surface area contributed by atoms with Crippen molar-refractivity contribution in [3.8, 4) is 5.75 Å². The smallest absolute Gasteiger partial charge is 0.162 e. The number of hydrogen-bond donors (Lipinski definition) is 1. The van der Waals surface area contributed by atoms with Crippen molar-refractivity contribution in [2.45, 2.75) is 51.0 Å². The topological polar surface area (TPSA) is 46.5 Å². The molecular weight excluding hydrogens is 276 g/mol. The van der Waals surface area contributed by atoms with Crippen LogP contribution in [0, 0.1) is 17.3 Å². The highest BCUT2D eigenvalue weighted by atomic mass is 16.5. The van der Waals surface area contributed by atoms with E-state index in [-0.39, 0.29) is 11.2 Å². The Bertz CT molecular complexity index is 623. The maximum atomic E-state index is 12.1. The summed E-state index contributed by atoms with van der Waals surface area (Å²) in [6.07, 6.45) is 4.06. The van der Waals surface area contributed by atoms with Gasteiger partial charge >= 0.3 is 0 Å². The Kier molecular flexibility index (Phi) is 3.12. The van der Waals surface area contributed by atoms with Crippen molar-refractivity contribution < 1.29 is 14.6 Å². The van der Waals surface area contributed by atoms with Crippen LogP contribution in [-0.4, -0.2) is 24.1 Å². The number of carbonyl (C=O) groups is 1. The van der Waals surface area contributed by atoms with E-state index in [2.05, 4.69) is 25.1 Å². The van der Waals surface area contributed by atoms with Gasteiger partial charge in [0.25, 0.3) is 0 Å². The molecule has 4 unspecified atom stereocenters. The number of aliphatic hydroxyl groups excluding tert-OH is 1. The van der Waals surface area contributed by atoms with Gasteiger partial charge in [-0.2, -0.15) is 0 Å². The van der Waals surface area contributed by atoms with E-state index in [4.69, 9.17) is 4.74 Å². The molecule has 0 aliphatic heterocycles.